The van der Waals surface area contributed by atoms with E-state index in [-0.39, 0.29) is 11.6 Å². The van der Waals surface area contributed by atoms with Crippen LogP contribution < -0.4 is 11.1 Å². The minimum absolute atomic E-state index is 0.0264. The van der Waals surface area contributed by atoms with Crippen molar-refractivity contribution in [2.24, 2.45) is 0 Å². The van der Waals surface area contributed by atoms with Crippen molar-refractivity contribution in [2.45, 2.75) is 20.3 Å². The van der Waals surface area contributed by atoms with E-state index < -0.39 is 5.82 Å². The van der Waals surface area contributed by atoms with Crippen LogP contribution in [0.1, 0.15) is 30.6 Å². The van der Waals surface area contributed by atoms with E-state index in [1.54, 1.807) is 0 Å². The molecule has 4 nitrogen and oxygen atoms in total. The average molecular weight is 346 g/mol. The maximum absolute atomic E-state index is 13.2. The number of halogens is 2. The van der Waals surface area contributed by atoms with E-state index in [0.717, 1.165) is 26.1 Å². The number of nitrogens with two attached hydrogens (primary N) is 1. The highest BCUT2D eigenvalue weighted by Gasteiger charge is 2.12. The van der Waals surface area contributed by atoms with Crippen molar-refractivity contribution in [3.63, 3.8) is 0 Å². The van der Waals surface area contributed by atoms with E-state index in [9.17, 15) is 9.18 Å². The Kier molecular flexibility index (Phi) is 6.95. The molecule has 112 valence electrons. The lowest BCUT2D eigenvalue weighted by Crippen LogP contribution is -2.30. The Hall–Kier alpha value is -1.14. The summed E-state index contributed by atoms with van der Waals surface area (Å²) in [4.78, 5) is 14.3. The van der Waals surface area contributed by atoms with Crippen LogP contribution in [0.2, 0.25) is 0 Å². The SMILES string of the molecule is CCN(CC)CCCNC(=O)c1cc(N)c(F)cc1Br. The fourth-order valence-corrected chi connectivity index (χ4v) is 2.37. The summed E-state index contributed by atoms with van der Waals surface area (Å²) in [6.07, 6.45) is 0.877. The number of hydrogen-bond acceptors (Lipinski definition) is 3. The molecule has 1 amide bonds. The van der Waals surface area contributed by atoms with E-state index in [2.05, 4.69) is 40.0 Å². The summed E-state index contributed by atoms with van der Waals surface area (Å²) in [5.74, 6) is -0.780. The van der Waals surface area contributed by atoms with Gasteiger partial charge in [-0.05, 0) is 54.1 Å². The van der Waals surface area contributed by atoms with Crippen molar-refractivity contribution in [2.75, 3.05) is 31.9 Å². The zero-order valence-electron chi connectivity index (χ0n) is 11.9. The Morgan fingerprint density at radius 2 is 2.05 bits per heavy atom. The van der Waals surface area contributed by atoms with Crippen LogP contribution >= 0.6 is 15.9 Å². The standard InChI is InChI=1S/C14H21BrFN3O/c1-3-19(4-2)7-5-6-18-14(20)10-8-13(17)12(16)9-11(10)15/h8-9H,3-7,17H2,1-2H3,(H,18,20). The summed E-state index contributed by atoms with van der Waals surface area (Å²) in [6.45, 7) is 7.76. The molecule has 0 heterocycles. The molecule has 0 aliphatic heterocycles. The molecular formula is C14H21BrFN3O. The number of benzene rings is 1. The van der Waals surface area contributed by atoms with Crippen molar-refractivity contribution in [3.05, 3.63) is 28.0 Å². The average Bonchev–Trinajstić information content (AvgIpc) is 2.42. The predicted octanol–water partition coefficient (Wildman–Crippen LogP) is 2.63. The summed E-state index contributed by atoms with van der Waals surface area (Å²) >= 11 is 3.17. The van der Waals surface area contributed by atoms with Crippen LogP contribution in [0.15, 0.2) is 16.6 Å². The highest BCUT2D eigenvalue weighted by atomic mass is 79.9. The van der Waals surface area contributed by atoms with Gasteiger partial charge in [-0.15, -0.1) is 0 Å². The molecule has 20 heavy (non-hydrogen) atoms. The molecule has 1 rings (SSSR count). The third-order valence-corrected chi connectivity index (χ3v) is 3.82. The molecule has 0 unspecified atom stereocenters. The Morgan fingerprint density at radius 1 is 1.40 bits per heavy atom. The van der Waals surface area contributed by atoms with Crippen LogP contribution in [-0.2, 0) is 0 Å². The third kappa shape index (κ3) is 4.76. The van der Waals surface area contributed by atoms with Crippen molar-refractivity contribution >= 4 is 27.5 Å². The van der Waals surface area contributed by atoms with Gasteiger partial charge in [-0.1, -0.05) is 13.8 Å². The molecule has 6 heteroatoms. The van der Waals surface area contributed by atoms with Crippen molar-refractivity contribution < 1.29 is 9.18 Å². The summed E-state index contributed by atoms with van der Waals surface area (Å²) in [5, 5.41) is 2.82. The lowest BCUT2D eigenvalue weighted by Gasteiger charge is -2.17. The monoisotopic (exact) mass is 345 g/mol. The number of carbonyl (C=O) groups is 1. The second-order valence-corrected chi connectivity index (χ2v) is 5.34. The first-order valence-corrected chi connectivity index (χ1v) is 7.53. The van der Waals surface area contributed by atoms with Crippen molar-refractivity contribution in [1.82, 2.24) is 10.2 Å². The summed E-state index contributed by atoms with van der Waals surface area (Å²) in [5.41, 5.74) is 5.80. The van der Waals surface area contributed by atoms with Gasteiger partial charge in [0.05, 0.1) is 11.3 Å². The predicted molar refractivity (Wildman–Crippen MR) is 83.3 cm³/mol. The topological polar surface area (TPSA) is 58.4 Å². The van der Waals surface area contributed by atoms with Gasteiger partial charge in [-0.3, -0.25) is 4.79 Å². The Balaban J connectivity index is 2.49. The molecule has 0 bridgehead atoms. The fourth-order valence-electron chi connectivity index (χ4n) is 1.88. The van der Waals surface area contributed by atoms with Gasteiger partial charge in [0.15, 0.2) is 0 Å². The van der Waals surface area contributed by atoms with Gasteiger partial charge in [0.1, 0.15) is 5.82 Å². The van der Waals surface area contributed by atoms with Crippen molar-refractivity contribution in [3.8, 4) is 0 Å². The Bertz CT molecular complexity index is 464. The summed E-state index contributed by atoms with van der Waals surface area (Å²) in [7, 11) is 0. The van der Waals surface area contributed by atoms with E-state index in [1.807, 2.05) is 0 Å². The first kappa shape index (κ1) is 16.9. The smallest absolute Gasteiger partial charge is 0.252 e. The highest BCUT2D eigenvalue weighted by Crippen LogP contribution is 2.22. The molecule has 0 fully saturated rings. The molecule has 0 saturated carbocycles. The number of nitrogens with zero attached hydrogens (tertiary/aromatic N) is 1. The Morgan fingerprint density at radius 3 is 2.65 bits per heavy atom. The molecule has 0 radical (unpaired) electrons. The lowest BCUT2D eigenvalue weighted by atomic mass is 10.2. The van der Waals surface area contributed by atoms with Crippen LogP contribution in [-0.4, -0.2) is 37.0 Å². The second kappa shape index (κ2) is 8.21. The van der Waals surface area contributed by atoms with Gasteiger partial charge in [0.2, 0.25) is 0 Å². The lowest BCUT2D eigenvalue weighted by molar-refractivity contribution is 0.0951. The highest BCUT2D eigenvalue weighted by molar-refractivity contribution is 9.10. The van der Waals surface area contributed by atoms with Gasteiger partial charge >= 0.3 is 0 Å². The van der Waals surface area contributed by atoms with Gasteiger partial charge in [0, 0.05) is 11.0 Å². The first-order valence-electron chi connectivity index (χ1n) is 6.74. The quantitative estimate of drug-likeness (QED) is 0.589. The number of amides is 1. The maximum atomic E-state index is 13.2. The summed E-state index contributed by atoms with van der Waals surface area (Å²) < 4.78 is 13.6. The molecule has 0 aliphatic rings. The third-order valence-electron chi connectivity index (χ3n) is 3.16. The largest absolute Gasteiger partial charge is 0.396 e. The van der Waals surface area contributed by atoms with Crippen LogP contribution in [0.5, 0.6) is 0 Å². The van der Waals surface area contributed by atoms with E-state index >= 15 is 0 Å². The zero-order chi connectivity index (χ0) is 15.1. The number of carbonyl (C=O) groups excluding carboxylic acids is 1. The first-order chi connectivity index (χ1) is 9.49. The molecule has 0 aliphatic carbocycles. The van der Waals surface area contributed by atoms with Crippen LogP contribution in [0.3, 0.4) is 0 Å². The van der Waals surface area contributed by atoms with Gasteiger partial charge < -0.3 is 16.0 Å². The number of nitrogen functional groups attached to an aromatic ring is 1. The normalized spacial score (nSPS) is 10.8. The minimum Gasteiger partial charge on any atom is -0.396 e. The molecule has 0 atom stereocenters. The number of rotatable bonds is 7. The molecule has 0 spiro atoms. The number of anilines is 1. The fraction of sp³-hybridized carbons (Fsp3) is 0.500. The van der Waals surface area contributed by atoms with Crippen LogP contribution in [0.4, 0.5) is 10.1 Å². The van der Waals surface area contributed by atoms with Crippen LogP contribution in [0.25, 0.3) is 0 Å². The molecule has 3 N–H and O–H groups in total. The van der Waals surface area contributed by atoms with E-state index in [4.69, 9.17) is 5.73 Å². The van der Waals surface area contributed by atoms with Gasteiger partial charge in [-0.2, -0.15) is 0 Å². The maximum Gasteiger partial charge on any atom is 0.252 e. The molecule has 1 aromatic carbocycles. The second-order valence-electron chi connectivity index (χ2n) is 4.49. The van der Waals surface area contributed by atoms with Gasteiger partial charge in [0.25, 0.3) is 5.91 Å². The number of hydrogen-bond donors (Lipinski definition) is 2. The van der Waals surface area contributed by atoms with E-state index in [0.29, 0.717) is 16.6 Å². The molecular weight excluding hydrogens is 325 g/mol. The van der Waals surface area contributed by atoms with E-state index in [1.165, 1.54) is 12.1 Å². The minimum atomic E-state index is -0.532. The summed E-state index contributed by atoms with van der Waals surface area (Å²) in [6, 6.07) is 2.55. The van der Waals surface area contributed by atoms with Crippen molar-refractivity contribution in [1.29, 1.82) is 0 Å². The van der Waals surface area contributed by atoms with Gasteiger partial charge in [-0.25, -0.2) is 4.39 Å². The Labute approximate surface area is 127 Å². The molecule has 0 saturated heterocycles. The van der Waals surface area contributed by atoms with Crippen LogP contribution in [0, 0.1) is 5.82 Å². The number of nitrogens with one attached hydrogen (secondary N) is 1. The molecule has 1 aromatic rings. The zero-order valence-corrected chi connectivity index (χ0v) is 13.5. The molecule has 0 aromatic heterocycles.